The van der Waals surface area contributed by atoms with E-state index < -0.39 is 30.1 Å². The summed E-state index contributed by atoms with van der Waals surface area (Å²) in [7, 11) is 1.69. The lowest BCUT2D eigenvalue weighted by Gasteiger charge is -2.13. The zero-order valence-electron chi connectivity index (χ0n) is 17.5. The summed E-state index contributed by atoms with van der Waals surface area (Å²) >= 11 is 0. The highest BCUT2D eigenvalue weighted by Gasteiger charge is 2.36. The summed E-state index contributed by atoms with van der Waals surface area (Å²) in [4.78, 5) is 23.9. The van der Waals surface area contributed by atoms with Crippen LogP contribution in [0, 0.1) is 5.82 Å². The normalized spacial score (nSPS) is 12.0. The second-order valence-electron chi connectivity index (χ2n) is 6.91. The van der Waals surface area contributed by atoms with Crippen molar-refractivity contribution in [1.29, 1.82) is 0 Å². The lowest BCUT2D eigenvalue weighted by atomic mass is 10.1. The van der Waals surface area contributed by atoms with Gasteiger partial charge in [0.1, 0.15) is 5.82 Å². The van der Waals surface area contributed by atoms with Gasteiger partial charge in [-0.05, 0) is 31.4 Å². The van der Waals surface area contributed by atoms with E-state index in [0.717, 1.165) is 18.3 Å². The van der Waals surface area contributed by atoms with Crippen LogP contribution in [0.15, 0.2) is 23.3 Å². The van der Waals surface area contributed by atoms with E-state index in [-0.39, 0.29) is 29.1 Å². The highest BCUT2D eigenvalue weighted by molar-refractivity contribution is 5.86. The number of carbonyl (C=O) groups excluding carboxylic acids is 1. The van der Waals surface area contributed by atoms with Crippen molar-refractivity contribution in [2.75, 3.05) is 25.9 Å². The van der Waals surface area contributed by atoms with Gasteiger partial charge in [0, 0.05) is 24.7 Å². The average Bonchev–Trinajstić information content (AvgIpc) is 2.73. The number of alkyl halides is 5. The fraction of sp³-hybridized carbons (Fsp3) is 0.400. The van der Waals surface area contributed by atoms with Crippen molar-refractivity contribution in [3.05, 3.63) is 35.4 Å². The Labute approximate surface area is 185 Å². The van der Waals surface area contributed by atoms with E-state index in [1.807, 2.05) is 0 Å². The Morgan fingerprint density at radius 3 is 2.58 bits per heavy atom. The number of ether oxygens (including phenoxy) is 1. The number of aliphatic imine (C=N–C) groups is 1. The van der Waals surface area contributed by atoms with Gasteiger partial charge in [0.2, 0.25) is 0 Å². The molecule has 0 saturated heterocycles. The van der Waals surface area contributed by atoms with Gasteiger partial charge in [-0.2, -0.15) is 22.0 Å². The minimum atomic E-state index is -4.81. The molecule has 13 heteroatoms. The number of aromatic nitrogens is 2. The van der Waals surface area contributed by atoms with Crippen molar-refractivity contribution in [2.24, 2.45) is 4.99 Å². The van der Waals surface area contributed by atoms with Crippen LogP contribution in [-0.4, -0.2) is 54.3 Å². The van der Waals surface area contributed by atoms with Crippen LogP contribution in [-0.2, 0) is 10.9 Å². The number of benzene rings is 1. The van der Waals surface area contributed by atoms with Crippen molar-refractivity contribution in [2.45, 2.75) is 32.1 Å². The first kappa shape index (κ1) is 26.0. The summed E-state index contributed by atoms with van der Waals surface area (Å²) in [5.41, 5.74) is 3.41. The maximum atomic E-state index is 14.5. The molecule has 1 aromatic carbocycles. The molecule has 0 amide bonds. The van der Waals surface area contributed by atoms with Crippen LogP contribution < -0.4 is 5.73 Å². The highest BCUT2D eigenvalue weighted by Crippen LogP contribution is 2.34. The minimum absolute atomic E-state index is 0.0477. The van der Waals surface area contributed by atoms with Crippen molar-refractivity contribution in [3.8, 4) is 11.3 Å². The van der Waals surface area contributed by atoms with Gasteiger partial charge in [0.25, 0.3) is 0 Å². The maximum absolute atomic E-state index is 14.5. The number of rotatable bonds is 11. The van der Waals surface area contributed by atoms with E-state index in [2.05, 4.69) is 19.7 Å². The number of anilines is 1. The summed E-state index contributed by atoms with van der Waals surface area (Å²) in [6, 6.07) is 2.04. The second kappa shape index (κ2) is 11.6. The molecule has 0 aliphatic carbocycles. The quantitative estimate of drug-likeness (QED) is 0.166. The molecule has 1 heterocycles. The summed E-state index contributed by atoms with van der Waals surface area (Å²) < 4.78 is 80.9. The maximum Gasteiger partial charge on any atom is 0.437 e. The predicted octanol–water partition coefficient (Wildman–Crippen LogP) is 4.70. The molecule has 0 aliphatic rings. The average molecular weight is 477 g/mol. The molecule has 0 aliphatic heterocycles. The molecule has 1 aromatic heterocycles. The molecule has 0 saturated carbocycles. The van der Waals surface area contributed by atoms with Gasteiger partial charge in [-0.1, -0.05) is 0 Å². The standard InChI is InChI=1S/C20H21F6N5O2/c1-31(5-3-2-4-6-33-19(22)23)11-29-15-8-13(14(21)7-12(15)10-32)16-9-28-17(18(27)30-16)20(24,25)26/h7-11,19H,2-6H2,1H3,(H2,27,30). The molecule has 33 heavy (non-hydrogen) atoms. The number of halogens is 6. The molecule has 0 radical (unpaired) electrons. The molecule has 2 rings (SSSR count). The zero-order chi connectivity index (χ0) is 24.6. The SMILES string of the molecule is CN(C=Nc1cc(-c2cnc(C(F)(F)F)c(N)n2)c(F)cc1C=O)CCCCCOC(F)F. The van der Waals surface area contributed by atoms with E-state index in [4.69, 9.17) is 5.73 Å². The van der Waals surface area contributed by atoms with Crippen LogP contribution in [0.4, 0.5) is 37.8 Å². The third kappa shape index (κ3) is 7.70. The van der Waals surface area contributed by atoms with Crippen molar-refractivity contribution >= 4 is 24.1 Å². The number of nitrogens with zero attached hydrogens (tertiary/aromatic N) is 4. The zero-order valence-corrected chi connectivity index (χ0v) is 17.5. The Kier molecular flexibility index (Phi) is 9.14. The van der Waals surface area contributed by atoms with E-state index in [1.54, 1.807) is 11.9 Å². The molecule has 0 bridgehead atoms. The highest BCUT2D eigenvalue weighted by atomic mass is 19.4. The fourth-order valence-corrected chi connectivity index (χ4v) is 2.76. The Hall–Kier alpha value is -3.22. The largest absolute Gasteiger partial charge is 0.437 e. The number of nitrogens with two attached hydrogens (primary N) is 1. The lowest BCUT2D eigenvalue weighted by Crippen LogP contribution is -2.17. The number of hydrogen-bond donors (Lipinski definition) is 1. The molecule has 0 spiro atoms. The summed E-state index contributed by atoms with van der Waals surface area (Å²) in [5, 5.41) is 0. The van der Waals surface area contributed by atoms with Gasteiger partial charge in [-0.15, -0.1) is 0 Å². The van der Waals surface area contributed by atoms with E-state index in [1.165, 1.54) is 6.34 Å². The van der Waals surface area contributed by atoms with Crippen molar-refractivity contribution < 1.29 is 35.9 Å². The second-order valence-corrected chi connectivity index (χ2v) is 6.91. The van der Waals surface area contributed by atoms with Crippen LogP contribution in [0.2, 0.25) is 0 Å². The van der Waals surface area contributed by atoms with Crippen LogP contribution in [0.5, 0.6) is 0 Å². The number of carbonyl (C=O) groups is 1. The summed E-state index contributed by atoms with van der Waals surface area (Å²) in [6.07, 6.45) is -0.559. The lowest BCUT2D eigenvalue weighted by molar-refractivity contribution is -0.140. The Bertz CT molecular complexity index is 984. The number of aldehydes is 1. The minimum Gasteiger partial charge on any atom is -0.382 e. The smallest absolute Gasteiger partial charge is 0.382 e. The van der Waals surface area contributed by atoms with Crippen LogP contribution in [0.3, 0.4) is 0 Å². The van der Waals surface area contributed by atoms with Crippen molar-refractivity contribution in [1.82, 2.24) is 14.9 Å². The third-order valence-corrected chi connectivity index (χ3v) is 4.38. The monoisotopic (exact) mass is 477 g/mol. The van der Waals surface area contributed by atoms with Gasteiger partial charge < -0.3 is 15.4 Å². The van der Waals surface area contributed by atoms with E-state index >= 15 is 0 Å². The van der Waals surface area contributed by atoms with Gasteiger partial charge in [-0.3, -0.25) is 4.79 Å². The topological polar surface area (TPSA) is 93.7 Å². The summed E-state index contributed by atoms with van der Waals surface area (Å²) in [5.74, 6) is -1.83. The Morgan fingerprint density at radius 2 is 1.97 bits per heavy atom. The van der Waals surface area contributed by atoms with Crippen LogP contribution >= 0.6 is 0 Å². The van der Waals surface area contributed by atoms with Crippen LogP contribution in [0.1, 0.15) is 35.3 Å². The molecule has 0 fully saturated rings. The number of hydrogen-bond acceptors (Lipinski definition) is 6. The third-order valence-electron chi connectivity index (χ3n) is 4.38. The fourth-order valence-electron chi connectivity index (χ4n) is 2.76. The molecule has 2 aromatic rings. The van der Waals surface area contributed by atoms with E-state index in [9.17, 15) is 31.1 Å². The first-order chi connectivity index (χ1) is 15.5. The van der Waals surface area contributed by atoms with Gasteiger partial charge in [0.15, 0.2) is 17.8 Å². The Balaban J connectivity index is 2.14. The van der Waals surface area contributed by atoms with Gasteiger partial charge in [0.05, 0.1) is 30.5 Å². The molecular weight excluding hydrogens is 456 g/mol. The number of nitrogen functional groups attached to an aromatic ring is 1. The molecule has 2 N–H and O–H groups in total. The predicted molar refractivity (Wildman–Crippen MR) is 109 cm³/mol. The Morgan fingerprint density at radius 1 is 1.24 bits per heavy atom. The molecular formula is C20H21F6N5O2. The van der Waals surface area contributed by atoms with E-state index in [0.29, 0.717) is 32.1 Å². The van der Waals surface area contributed by atoms with Crippen molar-refractivity contribution in [3.63, 3.8) is 0 Å². The van der Waals surface area contributed by atoms with Gasteiger partial charge >= 0.3 is 12.8 Å². The van der Waals surface area contributed by atoms with Gasteiger partial charge in [-0.25, -0.2) is 19.4 Å². The first-order valence-electron chi connectivity index (χ1n) is 9.66. The first-order valence-corrected chi connectivity index (χ1v) is 9.66. The number of unbranched alkanes of at least 4 members (excludes halogenated alkanes) is 2. The molecule has 180 valence electrons. The summed E-state index contributed by atoms with van der Waals surface area (Å²) in [6.45, 7) is -2.32. The molecule has 0 unspecified atom stereocenters. The molecule has 0 atom stereocenters. The molecule has 7 nitrogen and oxygen atoms in total. The van der Waals surface area contributed by atoms with Crippen LogP contribution in [0.25, 0.3) is 11.3 Å².